The highest BCUT2D eigenvalue weighted by molar-refractivity contribution is 7.13. The first kappa shape index (κ1) is 18.6. The Morgan fingerprint density at radius 3 is 2.82 bits per heavy atom. The van der Waals surface area contributed by atoms with Crippen LogP contribution in [0.2, 0.25) is 0 Å². The Hall–Kier alpha value is -2.77. The van der Waals surface area contributed by atoms with Gasteiger partial charge in [-0.25, -0.2) is 4.98 Å². The third kappa shape index (κ3) is 4.05. The molecule has 2 heterocycles. The van der Waals surface area contributed by atoms with Crippen molar-refractivity contribution >= 4 is 11.3 Å². The molecule has 0 atom stereocenters. The van der Waals surface area contributed by atoms with E-state index in [2.05, 4.69) is 10.7 Å². The van der Waals surface area contributed by atoms with E-state index in [1.54, 1.807) is 18.4 Å². The molecule has 0 unspecified atom stereocenters. The molecule has 28 heavy (non-hydrogen) atoms. The van der Waals surface area contributed by atoms with E-state index in [1.807, 2.05) is 43.3 Å². The Labute approximate surface area is 168 Å². The van der Waals surface area contributed by atoms with Crippen molar-refractivity contribution < 1.29 is 18.9 Å². The van der Waals surface area contributed by atoms with Gasteiger partial charge in [-0.15, -0.1) is 11.3 Å². The second-order valence-corrected chi connectivity index (χ2v) is 7.09. The zero-order valence-corrected chi connectivity index (χ0v) is 16.7. The summed E-state index contributed by atoms with van der Waals surface area (Å²) in [6, 6.07) is 11.9. The van der Waals surface area contributed by atoms with Crippen LogP contribution in [0.4, 0.5) is 0 Å². The average molecular weight is 398 g/mol. The van der Waals surface area contributed by atoms with Gasteiger partial charge in [0, 0.05) is 24.0 Å². The number of hydrogen-bond donors (Lipinski definition) is 1. The topological polar surface area (TPSA) is 61.8 Å². The first-order valence-corrected chi connectivity index (χ1v) is 9.99. The lowest BCUT2D eigenvalue weighted by Gasteiger charge is -2.11. The first-order valence-electron chi connectivity index (χ1n) is 9.11. The van der Waals surface area contributed by atoms with Crippen LogP contribution >= 0.6 is 11.3 Å². The summed E-state index contributed by atoms with van der Waals surface area (Å²) >= 11 is 1.62. The lowest BCUT2D eigenvalue weighted by molar-refractivity contribution is 0.174. The van der Waals surface area contributed by atoms with Crippen molar-refractivity contribution in [1.29, 1.82) is 0 Å². The van der Waals surface area contributed by atoms with Gasteiger partial charge in [-0.2, -0.15) is 0 Å². The molecule has 4 rings (SSSR count). The summed E-state index contributed by atoms with van der Waals surface area (Å²) in [6.07, 6.45) is 0. The average Bonchev–Trinajstić information content (AvgIpc) is 3.38. The summed E-state index contributed by atoms with van der Waals surface area (Å²) in [5, 5.41) is 6.48. The summed E-state index contributed by atoms with van der Waals surface area (Å²) in [5.41, 5.74) is 3.18. The molecule has 0 radical (unpaired) electrons. The maximum absolute atomic E-state index is 5.56. The molecule has 0 saturated heterocycles. The van der Waals surface area contributed by atoms with Crippen molar-refractivity contribution in [2.75, 3.05) is 20.5 Å². The Morgan fingerprint density at radius 2 is 1.96 bits per heavy atom. The number of ether oxygens (including phenoxy) is 4. The molecule has 0 spiro atoms. The molecule has 0 fully saturated rings. The van der Waals surface area contributed by atoms with Crippen LogP contribution in [0, 0.1) is 0 Å². The fourth-order valence-electron chi connectivity index (χ4n) is 2.98. The van der Waals surface area contributed by atoms with Crippen LogP contribution < -0.4 is 24.3 Å². The lowest BCUT2D eigenvalue weighted by atomic mass is 10.2. The van der Waals surface area contributed by atoms with Crippen LogP contribution in [0.25, 0.3) is 10.6 Å². The minimum atomic E-state index is 0.280. The maximum Gasteiger partial charge on any atom is 0.231 e. The summed E-state index contributed by atoms with van der Waals surface area (Å²) in [4.78, 5) is 4.72. The van der Waals surface area contributed by atoms with E-state index in [0.717, 1.165) is 51.4 Å². The van der Waals surface area contributed by atoms with Gasteiger partial charge in [0.2, 0.25) is 6.79 Å². The molecular formula is C21H22N2O4S. The number of thiazole rings is 1. The fourth-order valence-corrected chi connectivity index (χ4v) is 3.80. The minimum Gasteiger partial charge on any atom is -0.493 e. The predicted molar refractivity (Wildman–Crippen MR) is 108 cm³/mol. The van der Waals surface area contributed by atoms with Gasteiger partial charge in [0.1, 0.15) is 5.01 Å². The fraction of sp³-hybridized carbons (Fsp3) is 0.286. The van der Waals surface area contributed by atoms with Gasteiger partial charge in [0.05, 0.1) is 19.4 Å². The number of rotatable bonds is 8. The molecule has 1 N–H and O–H groups in total. The maximum atomic E-state index is 5.56. The van der Waals surface area contributed by atoms with E-state index in [-0.39, 0.29) is 6.79 Å². The highest BCUT2D eigenvalue weighted by Gasteiger charge is 2.15. The zero-order chi connectivity index (χ0) is 19.3. The van der Waals surface area contributed by atoms with Gasteiger partial charge in [-0.3, -0.25) is 0 Å². The normalized spacial score (nSPS) is 12.2. The molecule has 1 aromatic heterocycles. The van der Waals surface area contributed by atoms with Crippen molar-refractivity contribution in [3.05, 3.63) is 53.0 Å². The van der Waals surface area contributed by atoms with Gasteiger partial charge in [0.25, 0.3) is 0 Å². The van der Waals surface area contributed by atoms with E-state index >= 15 is 0 Å². The molecule has 6 nitrogen and oxygen atoms in total. The van der Waals surface area contributed by atoms with Crippen molar-refractivity contribution in [1.82, 2.24) is 10.3 Å². The number of methoxy groups -OCH3 is 1. The molecule has 2 aromatic carbocycles. The molecule has 146 valence electrons. The number of hydrogen-bond acceptors (Lipinski definition) is 7. The molecule has 0 aliphatic carbocycles. The Kier molecular flexibility index (Phi) is 5.64. The number of benzene rings is 2. The van der Waals surface area contributed by atoms with Crippen LogP contribution in [-0.4, -0.2) is 25.5 Å². The molecular weight excluding hydrogens is 376 g/mol. The Balaban J connectivity index is 1.36. The van der Waals surface area contributed by atoms with Crippen LogP contribution in [0.3, 0.4) is 0 Å². The molecule has 1 aliphatic rings. The SMILES string of the molecule is CCOc1ccc(CNCc2csc(-c3ccc4c(c3)OCO4)n2)cc1OC. The van der Waals surface area contributed by atoms with Crippen molar-refractivity contribution in [3.63, 3.8) is 0 Å². The third-order valence-corrected chi connectivity index (χ3v) is 5.27. The van der Waals surface area contributed by atoms with Gasteiger partial charge < -0.3 is 24.3 Å². The minimum absolute atomic E-state index is 0.280. The number of fused-ring (bicyclic) bond motifs is 1. The summed E-state index contributed by atoms with van der Waals surface area (Å²) in [6.45, 7) is 4.27. The van der Waals surface area contributed by atoms with E-state index < -0.39 is 0 Å². The van der Waals surface area contributed by atoms with Crippen molar-refractivity contribution in [2.24, 2.45) is 0 Å². The van der Waals surface area contributed by atoms with Gasteiger partial charge in [-0.05, 0) is 42.8 Å². The zero-order valence-electron chi connectivity index (χ0n) is 15.9. The second kappa shape index (κ2) is 8.50. The monoisotopic (exact) mass is 398 g/mol. The highest BCUT2D eigenvalue weighted by atomic mass is 32.1. The molecule has 0 saturated carbocycles. The number of nitrogens with zero attached hydrogens (tertiary/aromatic N) is 1. The van der Waals surface area contributed by atoms with Crippen molar-refractivity contribution in [2.45, 2.75) is 20.0 Å². The third-order valence-electron chi connectivity index (χ3n) is 4.33. The predicted octanol–water partition coefficient (Wildman–Crippen LogP) is 4.24. The molecule has 3 aromatic rings. The van der Waals surface area contributed by atoms with Gasteiger partial charge >= 0.3 is 0 Å². The Morgan fingerprint density at radius 1 is 1.07 bits per heavy atom. The standard InChI is InChI=1S/C21H22N2O4S/c1-3-25-17-6-4-14(8-19(17)24-2)10-22-11-16-12-28-21(23-16)15-5-7-18-20(9-15)27-13-26-18/h4-9,12,22H,3,10-11,13H2,1-2H3. The van der Waals surface area contributed by atoms with Crippen LogP contribution in [0.15, 0.2) is 41.8 Å². The van der Waals surface area contributed by atoms with E-state index in [1.165, 1.54) is 0 Å². The van der Waals surface area contributed by atoms with E-state index in [9.17, 15) is 0 Å². The first-order chi connectivity index (χ1) is 13.8. The van der Waals surface area contributed by atoms with Crippen molar-refractivity contribution in [3.8, 4) is 33.6 Å². The molecule has 1 aliphatic heterocycles. The Bertz CT molecular complexity index is 957. The van der Waals surface area contributed by atoms with Crippen LogP contribution in [0.1, 0.15) is 18.2 Å². The smallest absolute Gasteiger partial charge is 0.231 e. The molecule has 7 heteroatoms. The van der Waals surface area contributed by atoms with Crippen LogP contribution in [-0.2, 0) is 13.1 Å². The number of aromatic nitrogens is 1. The van der Waals surface area contributed by atoms with Gasteiger partial charge in [0.15, 0.2) is 23.0 Å². The molecule has 0 bridgehead atoms. The largest absolute Gasteiger partial charge is 0.493 e. The highest BCUT2D eigenvalue weighted by Crippen LogP contribution is 2.36. The van der Waals surface area contributed by atoms with E-state index in [4.69, 9.17) is 23.9 Å². The summed E-state index contributed by atoms with van der Waals surface area (Å²) in [7, 11) is 1.65. The summed E-state index contributed by atoms with van der Waals surface area (Å²) in [5.74, 6) is 3.08. The number of nitrogens with one attached hydrogen (secondary N) is 1. The van der Waals surface area contributed by atoms with Gasteiger partial charge in [-0.1, -0.05) is 6.07 Å². The quantitative estimate of drug-likeness (QED) is 0.613. The van der Waals surface area contributed by atoms with Crippen LogP contribution in [0.5, 0.6) is 23.0 Å². The second-order valence-electron chi connectivity index (χ2n) is 6.23. The molecule has 0 amide bonds. The lowest BCUT2D eigenvalue weighted by Crippen LogP contribution is -2.13. The summed E-state index contributed by atoms with van der Waals surface area (Å²) < 4.78 is 21.8. The van der Waals surface area contributed by atoms with E-state index in [0.29, 0.717) is 13.2 Å².